The summed E-state index contributed by atoms with van der Waals surface area (Å²) in [5, 5.41) is 5.92. The van der Waals surface area contributed by atoms with Crippen LogP contribution in [0.1, 0.15) is 29.9 Å². The summed E-state index contributed by atoms with van der Waals surface area (Å²) in [5.74, 6) is -0.162. The minimum absolute atomic E-state index is 0.229. The summed E-state index contributed by atoms with van der Waals surface area (Å²) in [5.41, 5.74) is 0.756. The molecule has 1 aliphatic heterocycles. The van der Waals surface area contributed by atoms with Crippen molar-refractivity contribution >= 4 is 39.1 Å². The monoisotopic (exact) mass is 477 g/mol. The number of anilines is 1. The van der Waals surface area contributed by atoms with Gasteiger partial charge in [0.2, 0.25) is 5.91 Å². The zero-order valence-electron chi connectivity index (χ0n) is 18.9. The Morgan fingerprint density at radius 1 is 1.15 bits per heavy atom. The fourth-order valence-corrected chi connectivity index (χ4v) is 5.33. The average molecular weight is 478 g/mol. The second-order valence-electron chi connectivity index (χ2n) is 8.45. The first-order valence-electron chi connectivity index (χ1n) is 11.1. The molecular formula is C26H24FN3O3S. The van der Waals surface area contributed by atoms with E-state index in [9.17, 15) is 14.0 Å². The zero-order chi connectivity index (χ0) is 23.9. The van der Waals surface area contributed by atoms with Gasteiger partial charge in [0.1, 0.15) is 27.6 Å². The molecule has 0 radical (unpaired) electrons. The molecule has 0 aliphatic carbocycles. The number of fused-ring (bicyclic) bond motifs is 3. The summed E-state index contributed by atoms with van der Waals surface area (Å²) in [6, 6.07) is 17.0. The molecule has 5 rings (SSSR count). The minimum Gasteiger partial charge on any atom is -0.494 e. The van der Waals surface area contributed by atoms with Gasteiger partial charge in [-0.25, -0.2) is 4.39 Å². The lowest BCUT2D eigenvalue weighted by Crippen LogP contribution is -2.64. The lowest BCUT2D eigenvalue weighted by atomic mass is 9.93. The molecule has 6 nitrogen and oxygen atoms in total. The van der Waals surface area contributed by atoms with Crippen LogP contribution in [-0.2, 0) is 17.9 Å². The number of nitrogens with zero attached hydrogens (tertiary/aromatic N) is 2. The van der Waals surface area contributed by atoms with E-state index in [0.29, 0.717) is 30.3 Å². The van der Waals surface area contributed by atoms with E-state index in [4.69, 9.17) is 4.74 Å². The first-order chi connectivity index (χ1) is 16.4. The highest BCUT2D eigenvalue weighted by molar-refractivity contribution is 7.16. The number of ether oxygens (including phenoxy) is 1. The molecule has 1 N–H and O–H groups in total. The Morgan fingerprint density at radius 3 is 2.59 bits per heavy atom. The van der Waals surface area contributed by atoms with Crippen LogP contribution < -0.4 is 15.0 Å². The van der Waals surface area contributed by atoms with Crippen molar-refractivity contribution in [2.45, 2.75) is 32.5 Å². The molecule has 34 heavy (non-hydrogen) atoms. The van der Waals surface area contributed by atoms with Crippen LogP contribution >= 0.6 is 11.3 Å². The number of aromatic nitrogens is 1. The molecule has 2 aromatic carbocycles. The van der Waals surface area contributed by atoms with Gasteiger partial charge < -0.3 is 14.6 Å². The molecule has 2 amide bonds. The molecule has 0 saturated carbocycles. The average Bonchev–Trinajstić information content (AvgIpc) is 3.42. The number of thiophene rings is 1. The van der Waals surface area contributed by atoms with Crippen LogP contribution in [0.25, 0.3) is 10.2 Å². The molecule has 2 aromatic heterocycles. The van der Waals surface area contributed by atoms with Gasteiger partial charge in [-0.3, -0.25) is 14.5 Å². The van der Waals surface area contributed by atoms with Crippen LogP contribution in [-0.4, -0.2) is 28.5 Å². The standard InChI is InChI=1S/C26H24FN3O3S/c1-3-33-21-10-8-20(9-11-21)30-23(31)22-14-18-12-13-34-24(18)29(22)16-26(30,2)25(32)28-15-17-4-6-19(27)7-5-17/h4-14H,3,15-16H2,1-2H3,(H,28,32). The highest BCUT2D eigenvalue weighted by atomic mass is 32.1. The molecule has 1 unspecified atom stereocenters. The Hall–Kier alpha value is -3.65. The Balaban J connectivity index is 1.53. The summed E-state index contributed by atoms with van der Waals surface area (Å²) in [6.45, 7) is 4.76. The third-order valence-electron chi connectivity index (χ3n) is 6.15. The van der Waals surface area contributed by atoms with Gasteiger partial charge in [0, 0.05) is 17.6 Å². The number of halogens is 1. The van der Waals surface area contributed by atoms with E-state index in [-0.39, 0.29) is 24.2 Å². The lowest BCUT2D eigenvalue weighted by molar-refractivity contribution is -0.126. The van der Waals surface area contributed by atoms with E-state index >= 15 is 0 Å². The Bertz CT molecular complexity index is 1360. The summed E-state index contributed by atoms with van der Waals surface area (Å²) in [7, 11) is 0. The first-order valence-corrected chi connectivity index (χ1v) is 12.0. The van der Waals surface area contributed by atoms with Crippen molar-refractivity contribution in [3.63, 3.8) is 0 Å². The van der Waals surface area contributed by atoms with Gasteiger partial charge in [0.25, 0.3) is 5.91 Å². The van der Waals surface area contributed by atoms with Crippen LogP contribution in [0.5, 0.6) is 5.75 Å². The fourth-order valence-electron chi connectivity index (χ4n) is 4.44. The van der Waals surface area contributed by atoms with Gasteiger partial charge in [-0.05, 0) is 73.3 Å². The number of hydrogen-bond donors (Lipinski definition) is 1. The van der Waals surface area contributed by atoms with Gasteiger partial charge >= 0.3 is 0 Å². The topological polar surface area (TPSA) is 63.6 Å². The summed E-state index contributed by atoms with van der Waals surface area (Å²) in [4.78, 5) is 30.0. The number of amides is 2. The van der Waals surface area contributed by atoms with Gasteiger partial charge in [-0.2, -0.15) is 0 Å². The molecule has 3 heterocycles. The largest absolute Gasteiger partial charge is 0.494 e. The van der Waals surface area contributed by atoms with Crippen LogP contribution in [0.15, 0.2) is 66.0 Å². The van der Waals surface area contributed by atoms with Gasteiger partial charge in [-0.15, -0.1) is 11.3 Å². The van der Waals surface area contributed by atoms with Crippen molar-refractivity contribution in [1.82, 2.24) is 9.88 Å². The predicted octanol–water partition coefficient (Wildman–Crippen LogP) is 4.98. The Labute approximate surface area is 200 Å². The van der Waals surface area contributed by atoms with Crippen LogP contribution in [0.2, 0.25) is 0 Å². The molecular weight excluding hydrogens is 453 g/mol. The maximum absolute atomic E-state index is 13.8. The van der Waals surface area contributed by atoms with Crippen molar-refractivity contribution in [2.24, 2.45) is 0 Å². The SMILES string of the molecule is CCOc1ccc(N2C(=O)c3cc4ccsc4n3CC2(C)C(=O)NCc2ccc(F)cc2)cc1. The quantitative estimate of drug-likeness (QED) is 0.426. The van der Waals surface area contributed by atoms with E-state index in [1.165, 1.54) is 12.1 Å². The third-order valence-corrected chi connectivity index (χ3v) is 7.10. The molecule has 0 spiro atoms. The molecule has 174 valence electrons. The van der Waals surface area contributed by atoms with Crippen molar-refractivity contribution in [2.75, 3.05) is 11.5 Å². The van der Waals surface area contributed by atoms with Crippen molar-refractivity contribution in [1.29, 1.82) is 0 Å². The molecule has 1 atom stereocenters. The van der Waals surface area contributed by atoms with Gasteiger partial charge in [0.15, 0.2) is 0 Å². The van der Waals surface area contributed by atoms with Gasteiger partial charge in [0.05, 0.1) is 13.2 Å². The van der Waals surface area contributed by atoms with Crippen molar-refractivity contribution in [3.05, 3.63) is 83.1 Å². The van der Waals surface area contributed by atoms with Crippen LogP contribution in [0, 0.1) is 5.82 Å². The van der Waals surface area contributed by atoms with E-state index in [2.05, 4.69) is 5.32 Å². The maximum atomic E-state index is 13.8. The molecule has 0 bridgehead atoms. The maximum Gasteiger partial charge on any atom is 0.275 e. The first kappa shape index (κ1) is 22.2. The summed E-state index contributed by atoms with van der Waals surface area (Å²) < 4.78 is 20.7. The molecule has 0 fully saturated rings. The van der Waals surface area contributed by atoms with Crippen molar-refractivity contribution in [3.8, 4) is 5.75 Å². The predicted molar refractivity (Wildman–Crippen MR) is 131 cm³/mol. The summed E-state index contributed by atoms with van der Waals surface area (Å²) >= 11 is 1.55. The second-order valence-corrected chi connectivity index (χ2v) is 9.34. The second kappa shape index (κ2) is 8.61. The minimum atomic E-state index is -1.19. The van der Waals surface area contributed by atoms with E-state index in [1.807, 2.05) is 29.0 Å². The Kier molecular flexibility index (Phi) is 5.61. The van der Waals surface area contributed by atoms with E-state index < -0.39 is 5.54 Å². The number of carbonyl (C=O) groups excluding carboxylic acids is 2. The van der Waals surface area contributed by atoms with Crippen LogP contribution in [0.4, 0.5) is 10.1 Å². The van der Waals surface area contributed by atoms with Crippen molar-refractivity contribution < 1.29 is 18.7 Å². The molecule has 4 aromatic rings. The number of nitrogens with one attached hydrogen (secondary N) is 1. The zero-order valence-corrected chi connectivity index (χ0v) is 19.7. The third kappa shape index (κ3) is 3.74. The molecule has 1 aliphatic rings. The van der Waals surface area contributed by atoms with E-state index in [1.54, 1.807) is 59.6 Å². The normalized spacial score (nSPS) is 17.6. The number of rotatable bonds is 6. The van der Waals surface area contributed by atoms with Gasteiger partial charge in [-0.1, -0.05) is 12.1 Å². The number of hydrogen-bond acceptors (Lipinski definition) is 4. The lowest BCUT2D eigenvalue weighted by Gasteiger charge is -2.44. The van der Waals surface area contributed by atoms with Crippen LogP contribution in [0.3, 0.4) is 0 Å². The Morgan fingerprint density at radius 2 is 1.88 bits per heavy atom. The molecule has 8 heteroatoms. The smallest absolute Gasteiger partial charge is 0.275 e. The highest BCUT2D eigenvalue weighted by Gasteiger charge is 2.48. The fraction of sp³-hybridized carbons (Fsp3) is 0.231. The number of benzene rings is 2. The number of carbonyl (C=O) groups is 2. The summed E-state index contributed by atoms with van der Waals surface area (Å²) in [6.07, 6.45) is 0. The van der Waals surface area contributed by atoms with E-state index in [0.717, 1.165) is 15.8 Å². The molecule has 0 saturated heterocycles. The highest BCUT2D eigenvalue weighted by Crippen LogP contribution is 2.37.